The van der Waals surface area contributed by atoms with Crippen molar-refractivity contribution in [1.29, 1.82) is 0 Å². The molecular weight excluding hydrogens is 827 g/mol. The van der Waals surface area contributed by atoms with Crippen LogP contribution in [0.15, 0.2) is 36.5 Å². The topological polar surface area (TPSA) is 267 Å². The summed E-state index contributed by atoms with van der Waals surface area (Å²) in [4.78, 5) is 50.0. The number of unbranched alkanes of at least 4 members (excludes halogenated alkanes) is 11. The maximum atomic E-state index is 13.7. The van der Waals surface area contributed by atoms with E-state index in [-0.39, 0.29) is 19.3 Å². The molecule has 0 aromatic heterocycles. The molecule has 0 amide bonds. The summed E-state index contributed by atoms with van der Waals surface area (Å²) in [5.74, 6) is -5.17. The van der Waals surface area contributed by atoms with Gasteiger partial charge in [0.25, 0.3) is 0 Å². The predicted molar refractivity (Wildman–Crippen MR) is 231 cm³/mol. The number of esters is 2. The number of fused-ring (bicyclic) bond motifs is 4. The third kappa shape index (κ3) is 22.0. The molecule has 0 aromatic carbocycles. The summed E-state index contributed by atoms with van der Waals surface area (Å²) >= 11 is 0. The van der Waals surface area contributed by atoms with Gasteiger partial charge in [-0.2, -0.15) is 0 Å². The number of rotatable bonds is 20. The van der Waals surface area contributed by atoms with Crippen LogP contribution in [-0.4, -0.2) is 127 Å². The van der Waals surface area contributed by atoms with E-state index < -0.39 is 112 Å². The number of ketones is 1. The van der Waals surface area contributed by atoms with Crippen LogP contribution in [-0.2, 0) is 37.5 Å². The summed E-state index contributed by atoms with van der Waals surface area (Å²) in [6.45, 7) is 2.75. The fourth-order valence-electron chi connectivity index (χ4n) is 7.46. The smallest absolute Gasteiger partial charge is 0.462 e. The lowest BCUT2D eigenvalue weighted by molar-refractivity contribution is -0.166. The molecule has 12 atom stereocenters. The Morgan fingerprint density at radius 3 is 2.15 bits per heavy atom. The average molecular weight is 905 g/mol. The Morgan fingerprint density at radius 1 is 0.823 bits per heavy atom. The monoisotopic (exact) mass is 904 g/mol. The van der Waals surface area contributed by atoms with Crippen molar-refractivity contribution in [3.8, 4) is 0 Å². The van der Waals surface area contributed by atoms with Gasteiger partial charge in [-0.3, -0.25) is 23.4 Å². The van der Waals surface area contributed by atoms with Crippen molar-refractivity contribution in [1.82, 2.24) is 0 Å². The van der Waals surface area contributed by atoms with Crippen molar-refractivity contribution in [2.24, 2.45) is 11.8 Å². The molecule has 0 saturated heterocycles. The number of carbonyl (C=O) groups is 3. The second-order valence-electron chi connectivity index (χ2n) is 16.7. The number of hydrogen-bond acceptors (Lipinski definition) is 15. The Labute approximate surface area is 368 Å². The van der Waals surface area contributed by atoms with E-state index in [4.69, 9.17) is 18.5 Å². The Kier molecular flexibility index (Phi) is 28.4. The zero-order valence-electron chi connectivity index (χ0n) is 36.9. The number of carbonyl (C=O) groups excluding carboxylic acids is 3. The maximum Gasteiger partial charge on any atom is 0.472 e. The highest BCUT2D eigenvalue weighted by molar-refractivity contribution is 7.47. The molecule has 2 rings (SSSR count). The first-order valence-corrected chi connectivity index (χ1v) is 24.4. The molecule has 0 spiro atoms. The van der Waals surface area contributed by atoms with Gasteiger partial charge in [0.2, 0.25) is 0 Å². The van der Waals surface area contributed by atoms with Crippen LogP contribution in [0.1, 0.15) is 149 Å². The minimum atomic E-state index is -5.46. The van der Waals surface area contributed by atoms with E-state index in [2.05, 4.69) is 19.1 Å². The van der Waals surface area contributed by atoms with Crippen LogP contribution in [0.2, 0.25) is 0 Å². The van der Waals surface area contributed by atoms with Gasteiger partial charge in [0, 0.05) is 25.2 Å². The fraction of sp³-hybridized carbons (Fsp3) is 0.800. The van der Waals surface area contributed by atoms with Gasteiger partial charge < -0.3 is 50.1 Å². The number of ether oxygens (including phenoxy) is 2. The Hall–Kier alpha value is -2.34. The van der Waals surface area contributed by atoms with E-state index >= 15 is 0 Å². The van der Waals surface area contributed by atoms with Crippen LogP contribution in [0.3, 0.4) is 0 Å². The summed E-state index contributed by atoms with van der Waals surface area (Å²) < 4.78 is 34.6. The van der Waals surface area contributed by atoms with E-state index in [1.807, 2.05) is 6.92 Å². The SMILES string of the molecule is CCCCCC/C=C\CCCCCCCC(=O)O[C@@H]1COC(=O)CCC/C=C\C[C@@H]2[C@@H](O)[C@H](O)[C@@H](O)[C@H](OP(=O)(O)OC1)[C@H](O)[C@H](O)[C@@H](/C=C/[C@@H](O)CCCCC)C(=O)C[C@@H]2O. The molecule has 1 unspecified atom stereocenters. The number of aliphatic hydroxyl groups is 7. The van der Waals surface area contributed by atoms with Crippen molar-refractivity contribution in [2.45, 2.75) is 204 Å². The highest BCUT2D eigenvalue weighted by atomic mass is 31.2. The molecule has 0 radical (unpaired) electrons. The molecule has 1 fully saturated rings. The predicted octanol–water partition coefficient (Wildman–Crippen LogP) is 5.20. The number of aliphatic hydroxyl groups excluding tert-OH is 7. The molecule has 62 heavy (non-hydrogen) atoms. The van der Waals surface area contributed by atoms with Crippen molar-refractivity contribution in [3.05, 3.63) is 36.5 Å². The van der Waals surface area contributed by atoms with Gasteiger partial charge in [0.15, 0.2) is 6.10 Å². The van der Waals surface area contributed by atoms with Gasteiger partial charge in [0.05, 0.1) is 36.9 Å². The summed E-state index contributed by atoms with van der Waals surface area (Å²) in [7, 11) is -5.46. The highest BCUT2D eigenvalue weighted by Gasteiger charge is 2.49. The van der Waals surface area contributed by atoms with Gasteiger partial charge in [-0.05, 0) is 57.8 Å². The van der Waals surface area contributed by atoms with Crippen molar-refractivity contribution in [3.63, 3.8) is 0 Å². The Bertz CT molecular complexity index is 1410. The molecule has 1 saturated carbocycles. The summed E-state index contributed by atoms with van der Waals surface area (Å²) in [5.41, 5.74) is 0. The molecule has 2 aliphatic rings. The van der Waals surface area contributed by atoms with Crippen LogP contribution in [0.25, 0.3) is 0 Å². The Morgan fingerprint density at radius 2 is 1.45 bits per heavy atom. The van der Waals surface area contributed by atoms with Crippen molar-refractivity contribution in [2.75, 3.05) is 13.2 Å². The standard InChI is InChI=1S/C45H77O16P/c1-3-5-7-8-9-10-11-12-13-14-15-16-22-26-39(50)60-33-30-58-38(49)25-21-18-17-20-24-34-36(47)29-37(48)35(28-27-32(46)23-19-6-4-2)41(52)43(54)45(44(55)42(53)40(34)51)61-62(56,57)59-31-33/h10-11,17,20,27-28,32-36,40-47,51-55H,3-9,12-16,18-19,21-26,29-31H2,1-2H3,(H,56,57)/b11-10-,20-17-,28-27+/t32-,33+,34-,35-,36-,40+,41+,42-,43+,44+,45+/m0/s1. The number of Topliss-reactive ketones (excluding diaryl/α,β-unsaturated/α-hetero) is 1. The molecule has 16 nitrogen and oxygen atoms in total. The fourth-order valence-corrected chi connectivity index (χ4v) is 8.44. The van der Waals surface area contributed by atoms with Crippen LogP contribution < -0.4 is 0 Å². The molecule has 0 aromatic rings. The van der Waals surface area contributed by atoms with Crippen LogP contribution in [0.5, 0.6) is 0 Å². The normalized spacial score (nSPS) is 32.5. The molecule has 8 N–H and O–H groups in total. The molecule has 1 heterocycles. The van der Waals surface area contributed by atoms with Gasteiger partial charge in [-0.25, -0.2) is 4.57 Å². The first kappa shape index (κ1) is 55.8. The van der Waals surface area contributed by atoms with E-state index in [1.165, 1.54) is 31.8 Å². The summed E-state index contributed by atoms with van der Waals surface area (Å²) in [6, 6.07) is 0. The lowest BCUT2D eigenvalue weighted by Gasteiger charge is -2.36. The van der Waals surface area contributed by atoms with E-state index in [0.29, 0.717) is 32.1 Å². The maximum absolute atomic E-state index is 13.7. The minimum Gasteiger partial charge on any atom is -0.462 e. The largest absolute Gasteiger partial charge is 0.472 e. The van der Waals surface area contributed by atoms with Crippen LogP contribution >= 0.6 is 7.82 Å². The molecular formula is C45H77O16P. The minimum absolute atomic E-state index is 0.0140. The zero-order chi connectivity index (χ0) is 45.9. The first-order valence-electron chi connectivity index (χ1n) is 22.9. The molecule has 358 valence electrons. The third-order valence-corrected chi connectivity index (χ3v) is 12.3. The first-order chi connectivity index (χ1) is 29.6. The van der Waals surface area contributed by atoms with Gasteiger partial charge in [0.1, 0.15) is 36.8 Å². The second-order valence-corrected chi connectivity index (χ2v) is 18.1. The molecule has 17 heteroatoms. The number of allylic oxidation sites excluding steroid dienone is 4. The van der Waals surface area contributed by atoms with E-state index in [0.717, 1.165) is 57.4 Å². The molecule has 1 aliphatic carbocycles. The highest BCUT2D eigenvalue weighted by Crippen LogP contribution is 2.47. The average Bonchev–Trinajstić information content (AvgIpc) is 3.23. The van der Waals surface area contributed by atoms with Gasteiger partial charge in [-0.1, -0.05) is 108 Å². The van der Waals surface area contributed by atoms with Crippen LogP contribution in [0.4, 0.5) is 0 Å². The van der Waals surface area contributed by atoms with E-state index in [9.17, 15) is 59.6 Å². The lowest BCUT2D eigenvalue weighted by Crippen LogP contribution is -2.55. The molecule has 1 aliphatic heterocycles. The van der Waals surface area contributed by atoms with Gasteiger partial charge in [-0.15, -0.1) is 0 Å². The number of phosphoric ester groups is 1. The number of phosphoric acid groups is 1. The third-order valence-electron chi connectivity index (χ3n) is 11.3. The van der Waals surface area contributed by atoms with Crippen molar-refractivity contribution >= 4 is 25.5 Å². The lowest BCUT2D eigenvalue weighted by atomic mass is 9.83. The summed E-state index contributed by atoms with van der Waals surface area (Å²) in [5, 5.41) is 78.4. The molecule has 2 bridgehead atoms. The Balaban J connectivity index is 2.27. The number of hydrogen-bond donors (Lipinski definition) is 8. The quantitative estimate of drug-likeness (QED) is 0.0338. The van der Waals surface area contributed by atoms with Crippen LogP contribution in [0, 0.1) is 11.8 Å². The van der Waals surface area contributed by atoms with Crippen molar-refractivity contribution < 1.29 is 78.1 Å². The second kappa shape index (κ2) is 31.5. The van der Waals surface area contributed by atoms with Gasteiger partial charge >= 0.3 is 19.8 Å². The number of cyclic esters (lactones) is 1. The van der Waals surface area contributed by atoms with E-state index in [1.54, 1.807) is 12.2 Å². The zero-order valence-corrected chi connectivity index (χ0v) is 37.8. The summed E-state index contributed by atoms with van der Waals surface area (Å²) in [6.07, 6.45) is 5.86.